The normalized spacial score (nSPS) is 9.69. The second-order valence-corrected chi connectivity index (χ2v) is 2.61. The van der Waals surface area contributed by atoms with Gasteiger partial charge in [-0.25, -0.2) is 8.78 Å². The Morgan fingerprint density at radius 2 is 2.15 bits per heavy atom. The molecule has 1 aromatic rings. The van der Waals surface area contributed by atoms with Crippen LogP contribution in [0.5, 0.6) is 0 Å². The van der Waals surface area contributed by atoms with E-state index in [2.05, 4.69) is 11.9 Å². The lowest BCUT2D eigenvalue weighted by molar-refractivity contribution is 0.511. The van der Waals surface area contributed by atoms with Crippen LogP contribution in [0.2, 0.25) is 0 Å². The smallest absolute Gasteiger partial charge is 0.181 e. The molecule has 3 heteroatoms. The van der Waals surface area contributed by atoms with E-state index in [9.17, 15) is 8.78 Å². The molecular formula is C10H11F2N. The summed E-state index contributed by atoms with van der Waals surface area (Å²) < 4.78 is 25.6. The summed E-state index contributed by atoms with van der Waals surface area (Å²) in [6, 6.07) is 4.06. The second kappa shape index (κ2) is 4.60. The Balaban J connectivity index is 2.65. The summed E-state index contributed by atoms with van der Waals surface area (Å²) in [7, 11) is 0. The van der Waals surface area contributed by atoms with Gasteiger partial charge in [-0.2, -0.15) is 0 Å². The van der Waals surface area contributed by atoms with Gasteiger partial charge in [0.05, 0.1) is 5.69 Å². The Morgan fingerprint density at radius 1 is 1.38 bits per heavy atom. The van der Waals surface area contributed by atoms with E-state index in [4.69, 9.17) is 0 Å². The summed E-state index contributed by atoms with van der Waals surface area (Å²) in [6.07, 6.45) is 2.43. The molecule has 0 atom stereocenters. The predicted octanol–water partition coefficient (Wildman–Crippen LogP) is 2.95. The third-order valence-corrected chi connectivity index (χ3v) is 1.62. The van der Waals surface area contributed by atoms with Crippen LogP contribution in [-0.4, -0.2) is 6.54 Å². The van der Waals surface area contributed by atoms with Gasteiger partial charge >= 0.3 is 0 Å². The minimum atomic E-state index is -0.830. The third kappa shape index (κ3) is 2.54. The van der Waals surface area contributed by atoms with Crippen molar-refractivity contribution in [3.63, 3.8) is 0 Å². The molecule has 0 aliphatic rings. The van der Waals surface area contributed by atoms with Crippen molar-refractivity contribution in [3.05, 3.63) is 42.5 Å². The molecule has 0 heterocycles. The number of hydrogen-bond donors (Lipinski definition) is 1. The minimum absolute atomic E-state index is 0.196. The van der Waals surface area contributed by atoms with E-state index in [0.717, 1.165) is 12.5 Å². The maximum atomic E-state index is 13.0. The Kier molecular flexibility index (Phi) is 3.43. The monoisotopic (exact) mass is 183 g/mol. The summed E-state index contributed by atoms with van der Waals surface area (Å²) in [6.45, 7) is 4.08. The lowest BCUT2D eigenvalue weighted by Crippen LogP contribution is -2.03. The van der Waals surface area contributed by atoms with Crippen molar-refractivity contribution < 1.29 is 8.78 Å². The number of hydrogen-bond acceptors (Lipinski definition) is 1. The topological polar surface area (TPSA) is 12.0 Å². The first-order chi connectivity index (χ1) is 6.25. The SMILES string of the molecule is C=CCCNc1cccc(F)c1F. The summed E-state index contributed by atoms with van der Waals surface area (Å²) in [5.74, 6) is -1.66. The molecule has 0 spiro atoms. The quantitative estimate of drug-likeness (QED) is 0.559. The van der Waals surface area contributed by atoms with Gasteiger partial charge < -0.3 is 5.32 Å². The molecule has 0 aromatic heterocycles. The fraction of sp³-hybridized carbons (Fsp3) is 0.200. The van der Waals surface area contributed by atoms with Gasteiger partial charge in [0.1, 0.15) is 0 Å². The average Bonchev–Trinajstić information content (AvgIpc) is 2.13. The van der Waals surface area contributed by atoms with E-state index in [1.807, 2.05) is 0 Å². The van der Waals surface area contributed by atoms with E-state index in [0.29, 0.717) is 6.54 Å². The summed E-state index contributed by atoms with van der Waals surface area (Å²) >= 11 is 0. The standard InChI is InChI=1S/C10H11F2N/c1-2-3-7-13-9-6-4-5-8(11)10(9)12/h2,4-6,13H,1,3,7H2. The van der Waals surface area contributed by atoms with Gasteiger partial charge in [-0.3, -0.25) is 0 Å². The van der Waals surface area contributed by atoms with Gasteiger partial charge in [0.25, 0.3) is 0 Å². The average molecular weight is 183 g/mol. The van der Waals surface area contributed by atoms with Crippen LogP contribution in [0.4, 0.5) is 14.5 Å². The van der Waals surface area contributed by atoms with Gasteiger partial charge in [-0.05, 0) is 18.6 Å². The molecule has 0 amide bonds. The molecule has 0 aliphatic carbocycles. The number of anilines is 1. The summed E-state index contributed by atoms with van der Waals surface area (Å²) in [5, 5.41) is 2.77. The highest BCUT2D eigenvalue weighted by Crippen LogP contribution is 2.16. The maximum Gasteiger partial charge on any atom is 0.181 e. The van der Waals surface area contributed by atoms with E-state index >= 15 is 0 Å². The van der Waals surface area contributed by atoms with Crippen molar-refractivity contribution in [3.8, 4) is 0 Å². The van der Waals surface area contributed by atoms with E-state index < -0.39 is 11.6 Å². The molecule has 1 aromatic carbocycles. The van der Waals surface area contributed by atoms with Crippen molar-refractivity contribution in [1.29, 1.82) is 0 Å². The Morgan fingerprint density at radius 3 is 2.85 bits per heavy atom. The minimum Gasteiger partial charge on any atom is -0.382 e. The summed E-state index contributed by atoms with van der Waals surface area (Å²) in [5.41, 5.74) is 0.196. The zero-order valence-electron chi connectivity index (χ0n) is 7.19. The van der Waals surface area contributed by atoms with Crippen molar-refractivity contribution in [2.75, 3.05) is 11.9 Å². The largest absolute Gasteiger partial charge is 0.382 e. The predicted molar refractivity (Wildman–Crippen MR) is 49.7 cm³/mol. The first-order valence-corrected chi connectivity index (χ1v) is 4.04. The van der Waals surface area contributed by atoms with Gasteiger partial charge in [0.2, 0.25) is 0 Å². The Labute approximate surface area is 76.1 Å². The highest BCUT2D eigenvalue weighted by Gasteiger charge is 2.05. The first-order valence-electron chi connectivity index (χ1n) is 4.04. The zero-order valence-corrected chi connectivity index (χ0v) is 7.19. The zero-order chi connectivity index (χ0) is 9.68. The van der Waals surface area contributed by atoms with Gasteiger partial charge in [0, 0.05) is 6.54 Å². The lowest BCUT2D eigenvalue weighted by atomic mass is 10.3. The Hall–Kier alpha value is -1.38. The van der Waals surface area contributed by atoms with Crippen LogP contribution in [-0.2, 0) is 0 Å². The fourth-order valence-electron chi connectivity index (χ4n) is 0.949. The molecule has 70 valence electrons. The van der Waals surface area contributed by atoms with Crippen molar-refractivity contribution >= 4 is 5.69 Å². The van der Waals surface area contributed by atoms with Gasteiger partial charge in [-0.1, -0.05) is 12.1 Å². The molecule has 0 saturated carbocycles. The molecule has 13 heavy (non-hydrogen) atoms. The molecule has 1 rings (SSSR count). The number of benzene rings is 1. The van der Waals surface area contributed by atoms with Crippen LogP contribution in [0.25, 0.3) is 0 Å². The molecule has 1 nitrogen and oxygen atoms in total. The second-order valence-electron chi connectivity index (χ2n) is 2.61. The van der Waals surface area contributed by atoms with Gasteiger partial charge in [-0.15, -0.1) is 6.58 Å². The molecule has 0 bridgehead atoms. The summed E-state index contributed by atoms with van der Waals surface area (Å²) in [4.78, 5) is 0. The van der Waals surface area contributed by atoms with E-state index in [1.165, 1.54) is 12.1 Å². The number of rotatable bonds is 4. The van der Waals surface area contributed by atoms with Gasteiger partial charge in [0.15, 0.2) is 11.6 Å². The molecule has 0 fully saturated rings. The van der Waals surface area contributed by atoms with Crippen LogP contribution >= 0.6 is 0 Å². The maximum absolute atomic E-state index is 13.0. The lowest BCUT2D eigenvalue weighted by Gasteiger charge is -2.05. The highest BCUT2D eigenvalue weighted by molar-refractivity contribution is 5.44. The molecule has 0 saturated heterocycles. The molecule has 1 N–H and O–H groups in total. The Bertz CT molecular complexity index is 297. The van der Waals surface area contributed by atoms with Crippen molar-refractivity contribution in [2.45, 2.75) is 6.42 Å². The van der Waals surface area contributed by atoms with E-state index in [1.54, 1.807) is 6.08 Å². The third-order valence-electron chi connectivity index (χ3n) is 1.62. The molecule has 0 unspecified atom stereocenters. The molecule has 0 radical (unpaired) electrons. The fourth-order valence-corrected chi connectivity index (χ4v) is 0.949. The molecular weight excluding hydrogens is 172 g/mol. The van der Waals surface area contributed by atoms with Crippen LogP contribution in [0.1, 0.15) is 6.42 Å². The van der Waals surface area contributed by atoms with Crippen LogP contribution in [0.15, 0.2) is 30.9 Å². The highest BCUT2D eigenvalue weighted by atomic mass is 19.2. The van der Waals surface area contributed by atoms with Crippen molar-refractivity contribution in [1.82, 2.24) is 0 Å². The van der Waals surface area contributed by atoms with Crippen LogP contribution in [0.3, 0.4) is 0 Å². The number of halogens is 2. The van der Waals surface area contributed by atoms with Crippen molar-refractivity contribution in [2.24, 2.45) is 0 Å². The first kappa shape index (κ1) is 9.71. The van der Waals surface area contributed by atoms with Crippen LogP contribution in [0, 0.1) is 11.6 Å². The van der Waals surface area contributed by atoms with E-state index in [-0.39, 0.29) is 5.69 Å². The van der Waals surface area contributed by atoms with Crippen LogP contribution < -0.4 is 5.32 Å². The number of nitrogens with one attached hydrogen (secondary N) is 1. The molecule has 0 aliphatic heterocycles.